The number of aliphatic hydroxyl groups excluding tert-OH is 1. The van der Waals surface area contributed by atoms with Crippen LogP contribution in [0.2, 0.25) is 10.0 Å². The molecule has 2 aromatic rings. The van der Waals surface area contributed by atoms with Gasteiger partial charge in [0.1, 0.15) is 5.82 Å². The van der Waals surface area contributed by atoms with Crippen molar-refractivity contribution in [2.24, 2.45) is 13.0 Å². The molecule has 0 saturated heterocycles. The van der Waals surface area contributed by atoms with Gasteiger partial charge in [-0.25, -0.2) is 4.98 Å². The van der Waals surface area contributed by atoms with Gasteiger partial charge in [0, 0.05) is 25.0 Å². The highest BCUT2D eigenvalue weighted by atomic mass is 35.5. The van der Waals surface area contributed by atoms with Gasteiger partial charge >= 0.3 is 0 Å². The van der Waals surface area contributed by atoms with Gasteiger partial charge in [-0.05, 0) is 24.8 Å². The summed E-state index contributed by atoms with van der Waals surface area (Å²) in [6.45, 7) is 0. The van der Waals surface area contributed by atoms with Crippen molar-refractivity contribution >= 4 is 29.0 Å². The van der Waals surface area contributed by atoms with Gasteiger partial charge in [-0.1, -0.05) is 23.2 Å². The Hall–Kier alpha value is -1.30. The van der Waals surface area contributed by atoms with Crippen LogP contribution in [0.3, 0.4) is 0 Å². The molecule has 2 heterocycles. The number of anilines is 1. The summed E-state index contributed by atoms with van der Waals surface area (Å²) < 4.78 is 1.76. The molecule has 1 aliphatic rings. The number of pyridine rings is 1. The average Bonchev–Trinajstić information content (AvgIpc) is 2.81. The summed E-state index contributed by atoms with van der Waals surface area (Å²) in [6.07, 6.45) is 6.66. The lowest BCUT2D eigenvalue weighted by Gasteiger charge is -2.38. The molecular weight excluding hydrogens is 311 g/mol. The Labute approximate surface area is 132 Å². The quantitative estimate of drug-likeness (QED) is 0.906. The van der Waals surface area contributed by atoms with E-state index in [2.05, 4.69) is 15.4 Å². The van der Waals surface area contributed by atoms with Crippen LogP contribution < -0.4 is 5.32 Å². The van der Waals surface area contributed by atoms with Crippen LogP contribution in [0, 0.1) is 5.92 Å². The van der Waals surface area contributed by atoms with Crippen LogP contribution >= 0.6 is 23.2 Å². The molecule has 1 atom stereocenters. The number of halogens is 2. The molecule has 21 heavy (non-hydrogen) atoms. The summed E-state index contributed by atoms with van der Waals surface area (Å²) in [6, 6.07) is 1.68. The van der Waals surface area contributed by atoms with Crippen molar-refractivity contribution < 1.29 is 5.11 Å². The number of aryl methyl sites for hydroxylation is 1. The van der Waals surface area contributed by atoms with Crippen LogP contribution in [-0.2, 0) is 7.05 Å². The number of aromatic nitrogens is 3. The monoisotopic (exact) mass is 326 g/mol. The number of nitrogens with one attached hydrogen (secondary N) is 1. The summed E-state index contributed by atoms with van der Waals surface area (Å²) in [7, 11) is 1.88. The molecule has 0 unspecified atom stereocenters. The summed E-state index contributed by atoms with van der Waals surface area (Å²) in [5.74, 6) is 0.925. The minimum absolute atomic E-state index is 0.0216. The lowest BCUT2D eigenvalue weighted by molar-refractivity contribution is 0.0339. The highest BCUT2D eigenvalue weighted by Gasteiger charge is 2.35. The Balaban J connectivity index is 1.85. The lowest BCUT2D eigenvalue weighted by Crippen LogP contribution is -2.36. The van der Waals surface area contributed by atoms with E-state index in [1.54, 1.807) is 16.9 Å². The molecular formula is C14H16Cl2N4O. The van der Waals surface area contributed by atoms with E-state index in [-0.39, 0.29) is 12.1 Å². The minimum Gasteiger partial charge on any atom is -0.393 e. The number of hydrogen-bond acceptors (Lipinski definition) is 4. The van der Waals surface area contributed by atoms with Gasteiger partial charge in [0.15, 0.2) is 0 Å². The molecule has 0 aromatic carbocycles. The Morgan fingerprint density at radius 2 is 2.14 bits per heavy atom. The third-order valence-electron chi connectivity index (χ3n) is 3.81. The predicted octanol–water partition coefficient (Wildman–Crippen LogP) is 3.05. The standard InChI is InChI=1S/C14H16Cl2N4O/c1-20-7-9(5-18-20)13(8-2-11(21)3-8)19-14-12(16)4-10(15)6-17-14/h4-8,11,13,21H,2-3H2,1H3,(H,17,19)/t8?,11?,13-/m0/s1. The fourth-order valence-corrected chi connectivity index (χ4v) is 3.08. The van der Waals surface area contributed by atoms with Gasteiger partial charge in [0.2, 0.25) is 0 Å². The maximum Gasteiger partial charge on any atom is 0.145 e. The van der Waals surface area contributed by atoms with E-state index in [9.17, 15) is 5.11 Å². The van der Waals surface area contributed by atoms with Gasteiger partial charge in [-0.3, -0.25) is 4.68 Å². The van der Waals surface area contributed by atoms with Crippen LogP contribution in [0.15, 0.2) is 24.7 Å². The molecule has 7 heteroatoms. The predicted molar refractivity (Wildman–Crippen MR) is 82.6 cm³/mol. The fourth-order valence-electron chi connectivity index (χ4n) is 2.64. The summed E-state index contributed by atoms with van der Waals surface area (Å²) in [5, 5.41) is 18.1. The fraction of sp³-hybridized carbons (Fsp3) is 0.429. The largest absolute Gasteiger partial charge is 0.393 e. The molecule has 0 radical (unpaired) electrons. The molecule has 0 bridgehead atoms. The zero-order chi connectivity index (χ0) is 15.0. The van der Waals surface area contributed by atoms with Crippen molar-refractivity contribution in [3.63, 3.8) is 0 Å². The molecule has 1 saturated carbocycles. The molecule has 112 valence electrons. The number of rotatable bonds is 4. The van der Waals surface area contributed by atoms with Crippen molar-refractivity contribution in [2.45, 2.75) is 25.0 Å². The highest BCUT2D eigenvalue weighted by molar-refractivity contribution is 6.35. The smallest absolute Gasteiger partial charge is 0.145 e. The molecule has 0 spiro atoms. The second-order valence-corrected chi connectivity index (χ2v) is 6.28. The normalized spacial score (nSPS) is 22.7. The Bertz CT molecular complexity index is 640. The topological polar surface area (TPSA) is 63.0 Å². The molecule has 2 aromatic heterocycles. The zero-order valence-electron chi connectivity index (χ0n) is 11.5. The summed E-state index contributed by atoms with van der Waals surface area (Å²) >= 11 is 12.1. The maximum absolute atomic E-state index is 9.57. The Morgan fingerprint density at radius 1 is 1.38 bits per heavy atom. The Kier molecular flexibility index (Phi) is 4.06. The van der Waals surface area contributed by atoms with Gasteiger partial charge < -0.3 is 10.4 Å². The first-order valence-corrected chi connectivity index (χ1v) is 7.52. The van der Waals surface area contributed by atoms with Crippen molar-refractivity contribution in [1.29, 1.82) is 0 Å². The maximum atomic E-state index is 9.57. The van der Waals surface area contributed by atoms with E-state index in [0.717, 1.165) is 18.4 Å². The SMILES string of the molecule is Cn1cc([C@@H](Nc2ncc(Cl)cc2Cl)C2CC(O)C2)cn1. The molecule has 0 amide bonds. The first-order chi connectivity index (χ1) is 10.0. The van der Waals surface area contributed by atoms with Gasteiger partial charge in [-0.2, -0.15) is 5.10 Å². The summed E-state index contributed by atoms with van der Waals surface area (Å²) in [4.78, 5) is 4.25. The Morgan fingerprint density at radius 3 is 2.71 bits per heavy atom. The molecule has 1 aliphatic carbocycles. The molecule has 0 aliphatic heterocycles. The van der Waals surface area contributed by atoms with Crippen LogP contribution in [-0.4, -0.2) is 26.0 Å². The van der Waals surface area contributed by atoms with Gasteiger partial charge in [-0.15, -0.1) is 0 Å². The van der Waals surface area contributed by atoms with Crippen LogP contribution in [0.25, 0.3) is 0 Å². The van der Waals surface area contributed by atoms with Crippen molar-refractivity contribution in [2.75, 3.05) is 5.32 Å². The van der Waals surface area contributed by atoms with E-state index in [4.69, 9.17) is 23.2 Å². The third kappa shape index (κ3) is 3.15. The average molecular weight is 327 g/mol. The molecule has 1 fully saturated rings. The number of nitrogens with zero attached hydrogens (tertiary/aromatic N) is 3. The molecule has 2 N–H and O–H groups in total. The van der Waals surface area contributed by atoms with E-state index >= 15 is 0 Å². The van der Waals surface area contributed by atoms with E-state index in [1.807, 2.05) is 19.4 Å². The second-order valence-electron chi connectivity index (χ2n) is 5.44. The van der Waals surface area contributed by atoms with Crippen LogP contribution in [0.1, 0.15) is 24.4 Å². The van der Waals surface area contributed by atoms with Gasteiger partial charge in [0.05, 0.1) is 28.4 Å². The van der Waals surface area contributed by atoms with Crippen molar-refractivity contribution in [3.8, 4) is 0 Å². The first-order valence-electron chi connectivity index (χ1n) is 6.77. The first kappa shape index (κ1) is 14.6. The number of hydrogen-bond donors (Lipinski definition) is 2. The minimum atomic E-state index is -0.218. The number of aliphatic hydroxyl groups is 1. The molecule has 5 nitrogen and oxygen atoms in total. The van der Waals surface area contributed by atoms with E-state index < -0.39 is 0 Å². The van der Waals surface area contributed by atoms with Crippen molar-refractivity contribution in [3.05, 3.63) is 40.3 Å². The van der Waals surface area contributed by atoms with Crippen molar-refractivity contribution in [1.82, 2.24) is 14.8 Å². The van der Waals surface area contributed by atoms with Crippen LogP contribution in [0.4, 0.5) is 5.82 Å². The van der Waals surface area contributed by atoms with E-state index in [1.165, 1.54) is 0 Å². The van der Waals surface area contributed by atoms with Crippen LogP contribution in [0.5, 0.6) is 0 Å². The highest BCUT2D eigenvalue weighted by Crippen LogP contribution is 2.40. The zero-order valence-corrected chi connectivity index (χ0v) is 13.0. The van der Waals surface area contributed by atoms with Gasteiger partial charge in [0.25, 0.3) is 0 Å². The second kappa shape index (κ2) is 5.83. The summed E-state index contributed by atoms with van der Waals surface area (Å²) in [5.41, 5.74) is 1.06. The lowest BCUT2D eigenvalue weighted by atomic mass is 9.75. The molecule has 3 rings (SSSR count). The van der Waals surface area contributed by atoms with E-state index in [0.29, 0.717) is 21.8 Å². The third-order valence-corrected chi connectivity index (χ3v) is 4.30.